The minimum Gasteiger partial charge on any atom is -0.497 e. The molecule has 0 aliphatic heterocycles. The summed E-state index contributed by atoms with van der Waals surface area (Å²) in [5.41, 5.74) is 0.639. The second kappa shape index (κ2) is 10.5. The first kappa shape index (κ1) is 25.6. The molecule has 0 bridgehead atoms. The standard InChI is InChI=1S/C23H24F3NO6S/c1-3-32-22(28)21(15-7-6-8-18(14-15)31-2)16-11-12-17(13-16)27-34(29,30)20-10-5-4-9-19(20)33-23(24,25)26/h4-12,14,16-17,21,27H,3,13H2,1-2H3/t16-,17+,21+/m0/s1. The molecular formula is C23H24F3NO6S. The van der Waals surface area contributed by atoms with Gasteiger partial charge in [-0.2, -0.15) is 0 Å². The Hall–Kier alpha value is -3.05. The average Bonchev–Trinajstić information content (AvgIpc) is 3.20. The molecular weight excluding hydrogens is 475 g/mol. The molecule has 1 aliphatic carbocycles. The number of para-hydroxylation sites is 1. The van der Waals surface area contributed by atoms with E-state index in [1.54, 1.807) is 43.3 Å². The molecule has 1 aliphatic rings. The molecule has 3 rings (SSSR count). The molecule has 0 unspecified atom stereocenters. The van der Waals surface area contributed by atoms with Crippen LogP contribution in [0.2, 0.25) is 0 Å². The van der Waals surface area contributed by atoms with Gasteiger partial charge in [0.15, 0.2) is 0 Å². The van der Waals surface area contributed by atoms with Crippen LogP contribution in [0, 0.1) is 5.92 Å². The molecule has 0 saturated carbocycles. The van der Waals surface area contributed by atoms with Crippen LogP contribution in [-0.4, -0.2) is 40.5 Å². The Morgan fingerprint density at radius 1 is 1.15 bits per heavy atom. The summed E-state index contributed by atoms with van der Waals surface area (Å²) in [5, 5.41) is 0. The summed E-state index contributed by atoms with van der Waals surface area (Å²) in [6, 6.07) is 10.7. The van der Waals surface area contributed by atoms with Gasteiger partial charge >= 0.3 is 12.3 Å². The van der Waals surface area contributed by atoms with Crippen molar-refractivity contribution >= 4 is 16.0 Å². The predicted molar refractivity (Wildman–Crippen MR) is 117 cm³/mol. The van der Waals surface area contributed by atoms with Gasteiger partial charge in [0.25, 0.3) is 0 Å². The van der Waals surface area contributed by atoms with Gasteiger partial charge in [-0.1, -0.05) is 36.4 Å². The zero-order chi connectivity index (χ0) is 24.9. The van der Waals surface area contributed by atoms with Crippen molar-refractivity contribution in [3.63, 3.8) is 0 Å². The zero-order valence-corrected chi connectivity index (χ0v) is 19.2. The van der Waals surface area contributed by atoms with Crippen LogP contribution in [0.15, 0.2) is 65.6 Å². The number of ether oxygens (including phenoxy) is 3. The molecule has 11 heteroatoms. The Labute approximate surface area is 195 Å². The van der Waals surface area contributed by atoms with Crippen molar-refractivity contribution in [2.24, 2.45) is 5.92 Å². The molecule has 0 spiro atoms. The van der Waals surface area contributed by atoms with E-state index in [4.69, 9.17) is 9.47 Å². The Morgan fingerprint density at radius 2 is 1.88 bits per heavy atom. The first-order chi connectivity index (χ1) is 16.0. The van der Waals surface area contributed by atoms with Gasteiger partial charge in [-0.05, 0) is 49.1 Å². The minimum atomic E-state index is -5.05. The summed E-state index contributed by atoms with van der Waals surface area (Å²) in [4.78, 5) is 12.1. The molecule has 1 N–H and O–H groups in total. The number of nitrogens with one attached hydrogen (secondary N) is 1. The average molecular weight is 500 g/mol. The van der Waals surface area contributed by atoms with E-state index < -0.39 is 50.9 Å². The number of benzene rings is 2. The lowest BCUT2D eigenvalue weighted by Crippen LogP contribution is -2.34. The molecule has 0 saturated heterocycles. The van der Waals surface area contributed by atoms with E-state index in [1.807, 2.05) is 0 Å². The fraction of sp³-hybridized carbons (Fsp3) is 0.348. The highest BCUT2D eigenvalue weighted by Gasteiger charge is 2.37. The first-order valence-electron chi connectivity index (χ1n) is 10.4. The van der Waals surface area contributed by atoms with Crippen LogP contribution in [0.4, 0.5) is 13.2 Å². The highest BCUT2D eigenvalue weighted by molar-refractivity contribution is 7.89. The summed E-state index contributed by atoms with van der Waals surface area (Å²) < 4.78 is 80.6. The third-order valence-electron chi connectivity index (χ3n) is 5.21. The maximum Gasteiger partial charge on any atom is 0.573 e. The maximum atomic E-state index is 12.9. The van der Waals surface area contributed by atoms with Crippen LogP contribution in [0.25, 0.3) is 0 Å². The Kier molecular flexibility index (Phi) is 7.88. The van der Waals surface area contributed by atoms with Gasteiger partial charge in [-0.25, -0.2) is 13.1 Å². The highest BCUT2D eigenvalue weighted by Crippen LogP contribution is 2.36. The van der Waals surface area contributed by atoms with Gasteiger partial charge in [0, 0.05) is 6.04 Å². The van der Waals surface area contributed by atoms with Gasteiger partial charge < -0.3 is 14.2 Å². The third kappa shape index (κ3) is 6.29. The van der Waals surface area contributed by atoms with Crippen LogP contribution in [0.1, 0.15) is 24.8 Å². The number of hydrogen-bond acceptors (Lipinski definition) is 6. The molecule has 34 heavy (non-hydrogen) atoms. The lowest BCUT2D eigenvalue weighted by molar-refractivity contribution is -0.275. The van der Waals surface area contributed by atoms with Gasteiger partial charge in [0.1, 0.15) is 16.4 Å². The fourth-order valence-electron chi connectivity index (χ4n) is 3.83. The number of hydrogen-bond donors (Lipinski definition) is 1. The number of methoxy groups -OCH3 is 1. The zero-order valence-electron chi connectivity index (χ0n) is 18.4. The van der Waals surface area contributed by atoms with E-state index in [0.29, 0.717) is 11.3 Å². The molecule has 0 heterocycles. The molecule has 184 valence electrons. The number of allylic oxidation sites excluding steroid dienone is 1. The summed E-state index contributed by atoms with van der Waals surface area (Å²) in [6.07, 6.45) is -1.58. The summed E-state index contributed by atoms with van der Waals surface area (Å²) >= 11 is 0. The fourth-order valence-corrected chi connectivity index (χ4v) is 5.16. The molecule has 0 radical (unpaired) electrons. The van der Waals surface area contributed by atoms with Crippen molar-refractivity contribution in [3.05, 3.63) is 66.2 Å². The quantitative estimate of drug-likeness (QED) is 0.412. The number of esters is 1. The summed E-state index contributed by atoms with van der Waals surface area (Å²) in [7, 11) is -2.86. The van der Waals surface area contributed by atoms with Crippen molar-refractivity contribution in [1.29, 1.82) is 0 Å². The summed E-state index contributed by atoms with van der Waals surface area (Å²) in [5.74, 6) is -1.89. The normalized spacial score (nSPS) is 19.0. The van der Waals surface area contributed by atoms with Crippen LogP contribution in [-0.2, 0) is 19.6 Å². The van der Waals surface area contributed by atoms with E-state index in [9.17, 15) is 26.4 Å². The maximum absolute atomic E-state index is 12.9. The molecule has 2 aromatic carbocycles. The predicted octanol–water partition coefficient (Wildman–Crippen LogP) is 4.16. The van der Waals surface area contributed by atoms with Crippen LogP contribution >= 0.6 is 0 Å². The first-order valence-corrected chi connectivity index (χ1v) is 11.9. The molecule has 7 nitrogen and oxygen atoms in total. The lowest BCUT2D eigenvalue weighted by atomic mass is 9.85. The van der Waals surface area contributed by atoms with Crippen LogP contribution in [0.3, 0.4) is 0 Å². The third-order valence-corrected chi connectivity index (χ3v) is 6.74. The lowest BCUT2D eigenvalue weighted by Gasteiger charge is -2.23. The molecule has 0 fully saturated rings. The van der Waals surface area contributed by atoms with E-state index in [0.717, 1.165) is 12.1 Å². The van der Waals surface area contributed by atoms with Crippen molar-refractivity contribution in [2.45, 2.75) is 36.6 Å². The Morgan fingerprint density at radius 3 is 2.56 bits per heavy atom. The van der Waals surface area contributed by atoms with Gasteiger partial charge in [0.2, 0.25) is 10.0 Å². The van der Waals surface area contributed by atoms with Gasteiger partial charge in [-0.15, -0.1) is 13.2 Å². The second-order valence-corrected chi connectivity index (χ2v) is 9.20. The number of carbonyl (C=O) groups excluding carboxylic acids is 1. The van der Waals surface area contributed by atoms with Crippen molar-refractivity contribution in [2.75, 3.05) is 13.7 Å². The molecule has 2 aromatic rings. The van der Waals surface area contributed by atoms with E-state index in [1.165, 1.54) is 19.2 Å². The highest BCUT2D eigenvalue weighted by atomic mass is 32.2. The van der Waals surface area contributed by atoms with E-state index >= 15 is 0 Å². The van der Waals surface area contributed by atoms with Crippen molar-refractivity contribution < 1.29 is 40.6 Å². The van der Waals surface area contributed by atoms with E-state index in [2.05, 4.69) is 9.46 Å². The summed E-state index contributed by atoms with van der Waals surface area (Å²) in [6.45, 7) is 1.85. The van der Waals surface area contributed by atoms with E-state index in [-0.39, 0.29) is 13.0 Å². The van der Waals surface area contributed by atoms with Crippen molar-refractivity contribution in [3.8, 4) is 11.5 Å². The molecule has 3 atom stereocenters. The van der Waals surface area contributed by atoms with Gasteiger partial charge in [-0.3, -0.25) is 4.79 Å². The monoisotopic (exact) mass is 499 g/mol. The second-order valence-electron chi connectivity index (χ2n) is 7.51. The van der Waals surface area contributed by atoms with Crippen molar-refractivity contribution in [1.82, 2.24) is 4.72 Å². The topological polar surface area (TPSA) is 90.9 Å². The molecule has 0 aromatic heterocycles. The number of alkyl halides is 3. The Balaban J connectivity index is 1.81. The largest absolute Gasteiger partial charge is 0.573 e. The van der Waals surface area contributed by atoms with Crippen LogP contribution < -0.4 is 14.2 Å². The number of carbonyl (C=O) groups is 1. The van der Waals surface area contributed by atoms with Crippen LogP contribution in [0.5, 0.6) is 11.5 Å². The van der Waals surface area contributed by atoms with Gasteiger partial charge in [0.05, 0.1) is 19.6 Å². The Bertz CT molecular complexity index is 1150. The smallest absolute Gasteiger partial charge is 0.497 e. The molecule has 0 amide bonds. The SMILES string of the molecule is CCOC(=O)[C@H](c1cccc(OC)c1)[C@H]1C=C[C@@H](NS(=O)(=O)c2ccccc2OC(F)(F)F)C1. The number of sulfonamides is 1. The minimum absolute atomic E-state index is 0.168. The number of halogens is 3. The number of rotatable bonds is 9.